The first kappa shape index (κ1) is 17.0. The number of halogens is 3. The van der Waals surface area contributed by atoms with Gasteiger partial charge in [-0.05, 0) is 36.4 Å². The zero-order valence-electron chi connectivity index (χ0n) is 11.5. The Balaban J connectivity index is 2.27. The minimum atomic E-state index is -4.57. The Labute approximate surface area is 130 Å². The minimum absolute atomic E-state index is 0.0962. The fourth-order valence-corrected chi connectivity index (χ4v) is 2.35. The summed E-state index contributed by atoms with van der Waals surface area (Å²) in [6.45, 7) is 0. The van der Waals surface area contributed by atoms with E-state index in [-0.39, 0.29) is 16.1 Å². The molecule has 0 unspecified atom stereocenters. The largest absolute Gasteiger partial charge is 0.416 e. The van der Waals surface area contributed by atoms with E-state index in [0.717, 1.165) is 18.2 Å². The molecule has 0 aliphatic rings. The first-order valence-corrected chi connectivity index (χ1v) is 7.73. The average molecular weight is 344 g/mol. The van der Waals surface area contributed by atoms with Gasteiger partial charge >= 0.3 is 6.18 Å². The van der Waals surface area contributed by atoms with Crippen LogP contribution >= 0.6 is 0 Å². The summed E-state index contributed by atoms with van der Waals surface area (Å²) in [5, 5.41) is 7.29. The van der Waals surface area contributed by atoms with Crippen LogP contribution in [0.15, 0.2) is 53.4 Å². The molecule has 122 valence electrons. The summed E-state index contributed by atoms with van der Waals surface area (Å²) in [5.41, 5.74) is -1.07. The van der Waals surface area contributed by atoms with Gasteiger partial charge in [0.05, 0.1) is 10.5 Å². The van der Waals surface area contributed by atoms with Crippen molar-refractivity contribution < 1.29 is 26.4 Å². The van der Waals surface area contributed by atoms with E-state index in [1.165, 1.54) is 24.3 Å². The Bertz CT molecular complexity index is 848. The number of benzene rings is 2. The highest BCUT2D eigenvalue weighted by Gasteiger charge is 2.30. The number of amides is 1. The second-order valence-corrected chi connectivity index (χ2v) is 6.17. The van der Waals surface area contributed by atoms with Crippen LogP contribution in [0, 0.1) is 0 Å². The number of nitrogens with two attached hydrogens (primary N) is 1. The number of carbonyl (C=O) groups excluding carboxylic acids is 1. The summed E-state index contributed by atoms with van der Waals surface area (Å²) in [6.07, 6.45) is -4.57. The zero-order valence-corrected chi connectivity index (χ0v) is 12.3. The van der Waals surface area contributed by atoms with Gasteiger partial charge in [0.25, 0.3) is 5.91 Å². The average Bonchev–Trinajstić information content (AvgIpc) is 2.46. The molecule has 0 atom stereocenters. The Morgan fingerprint density at radius 2 is 1.70 bits per heavy atom. The number of hydrogen-bond acceptors (Lipinski definition) is 3. The molecular weight excluding hydrogens is 333 g/mol. The third-order valence-electron chi connectivity index (χ3n) is 2.87. The topological polar surface area (TPSA) is 89.3 Å². The van der Waals surface area contributed by atoms with Crippen molar-refractivity contribution in [3.63, 3.8) is 0 Å². The van der Waals surface area contributed by atoms with Crippen LogP contribution < -0.4 is 10.5 Å². The number of rotatable bonds is 3. The van der Waals surface area contributed by atoms with Crippen LogP contribution in [0.25, 0.3) is 0 Å². The van der Waals surface area contributed by atoms with Crippen molar-refractivity contribution in [1.82, 2.24) is 0 Å². The minimum Gasteiger partial charge on any atom is -0.322 e. The van der Waals surface area contributed by atoms with Crippen LogP contribution in [0.4, 0.5) is 18.9 Å². The van der Waals surface area contributed by atoms with Gasteiger partial charge in [-0.2, -0.15) is 13.2 Å². The van der Waals surface area contributed by atoms with E-state index in [9.17, 15) is 26.4 Å². The number of primary sulfonamides is 1. The summed E-state index contributed by atoms with van der Waals surface area (Å²) in [6, 6.07) is 8.96. The molecule has 23 heavy (non-hydrogen) atoms. The fourth-order valence-electron chi connectivity index (χ4n) is 1.79. The van der Waals surface area contributed by atoms with Gasteiger partial charge in [0.2, 0.25) is 10.0 Å². The molecule has 5 nitrogen and oxygen atoms in total. The number of hydrogen-bond donors (Lipinski definition) is 2. The lowest BCUT2D eigenvalue weighted by Gasteiger charge is -2.10. The van der Waals surface area contributed by atoms with E-state index in [1.807, 2.05) is 0 Å². The summed E-state index contributed by atoms with van der Waals surface area (Å²) in [4.78, 5) is 11.8. The van der Waals surface area contributed by atoms with Crippen molar-refractivity contribution in [2.45, 2.75) is 11.1 Å². The standard InChI is InChI=1S/C14H11F3N2O3S/c15-14(16,17)10-4-1-3-9(7-10)13(20)19-11-5-2-6-12(8-11)23(18,21)22/h1-8H,(H,19,20)(H2,18,21,22). The van der Waals surface area contributed by atoms with Crippen molar-refractivity contribution in [1.29, 1.82) is 0 Å². The Kier molecular flexibility index (Phi) is 4.44. The summed E-state index contributed by atoms with van der Waals surface area (Å²) in [5.74, 6) is -0.803. The van der Waals surface area contributed by atoms with Gasteiger partial charge in [-0.1, -0.05) is 12.1 Å². The van der Waals surface area contributed by atoms with Crippen molar-refractivity contribution in [2.24, 2.45) is 5.14 Å². The van der Waals surface area contributed by atoms with Crippen LogP contribution in [-0.4, -0.2) is 14.3 Å². The molecule has 0 aromatic heterocycles. The molecule has 1 amide bonds. The third kappa shape index (κ3) is 4.30. The molecule has 3 N–H and O–H groups in total. The zero-order chi connectivity index (χ0) is 17.3. The van der Waals surface area contributed by atoms with E-state index in [0.29, 0.717) is 6.07 Å². The lowest BCUT2D eigenvalue weighted by atomic mass is 10.1. The van der Waals surface area contributed by atoms with Gasteiger partial charge < -0.3 is 5.32 Å². The van der Waals surface area contributed by atoms with E-state index in [1.54, 1.807) is 0 Å². The van der Waals surface area contributed by atoms with Gasteiger partial charge in [0.15, 0.2) is 0 Å². The fraction of sp³-hybridized carbons (Fsp3) is 0.0714. The third-order valence-corrected chi connectivity index (χ3v) is 3.78. The predicted octanol–water partition coefficient (Wildman–Crippen LogP) is 2.61. The van der Waals surface area contributed by atoms with E-state index in [4.69, 9.17) is 5.14 Å². The molecule has 0 fully saturated rings. The molecule has 2 aromatic rings. The molecule has 0 saturated carbocycles. The molecule has 0 radical (unpaired) electrons. The first-order chi connectivity index (χ1) is 10.6. The normalized spacial score (nSPS) is 12.0. The molecule has 0 spiro atoms. The lowest BCUT2D eigenvalue weighted by molar-refractivity contribution is -0.137. The molecule has 0 heterocycles. The van der Waals surface area contributed by atoms with Crippen molar-refractivity contribution in [3.8, 4) is 0 Å². The monoisotopic (exact) mass is 344 g/mol. The van der Waals surface area contributed by atoms with Crippen LogP contribution in [0.3, 0.4) is 0 Å². The number of sulfonamides is 1. The van der Waals surface area contributed by atoms with Crippen LogP contribution in [-0.2, 0) is 16.2 Å². The second kappa shape index (κ2) is 6.01. The van der Waals surface area contributed by atoms with E-state index < -0.39 is 27.7 Å². The summed E-state index contributed by atoms with van der Waals surface area (Å²) >= 11 is 0. The van der Waals surface area contributed by atoms with Gasteiger partial charge in [-0.15, -0.1) is 0 Å². The molecule has 0 aliphatic carbocycles. The van der Waals surface area contributed by atoms with Crippen molar-refractivity contribution >= 4 is 21.6 Å². The van der Waals surface area contributed by atoms with Gasteiger partial charge in [-0.3, -0.25) is 4.79 Å². The van der Waals surface area contributed by atoms with Crippen molar-refractivity contribution in [2.75, 3.05) is 5.32 Å². The number of alkyl halides is 3. The number of nitrogens with one attached hydrogen (secondary N) is 1. The van der Waals surface area contributed by atoms with Gasteiger partial charge in [0, 0.05) is 11.3 Å². The highest BCUT2D eigenvalue weighted by atomic mass is 32.2. The molecule has 2 aromatic carbocycles. The van der Waals surface area contributed by atoms with Crippen molar-refractivity contribution in [3.05, 3.63) is 59.7 Å². The maximum atomic E-state index is 12.6. The van der Waals surface area contributed by atoms with Crippen LogP contribution in [0.5, 0.6) is 0 Å². The van der Waals surface area contributed by atoms with Gasteiger partial charge in [-0.25, -0.2) is 13.6 Å². The number of anilines is 1. The molecule has 0 saturated heterocycles. The first-order valence-electron chi connectivity index (χ1n) is 6.19. The molecule has 2 rings (SSSR count). The van der Waals surface area contributed by atoms with Crippen LogP contribution in [0.2, 0.25) is 0 Å². The summed E-state index contributed by atoms with van der Waals surface area (Å²) in [7, 11) is -3.95. The van der Waals surface area contributed by atoms with Gasteiger partial charge in [0.1, 0.15) is 0 Å². The maximum absolute atomic E-state index is 12.6. The van der Waals surface area contributed by atoms with Crippen LogP contribution in [0.1, 0.15) is 15.9 Å². The van der Waals surface area contributed by atoms with E-state index >= 15 is 0 Å². The molecular formula is C14H11F3N2O3S. The van der Waals surface area contributed by atoms with E-state index in [2.05, 4.69) is 5.32 Å². The quantitative estimate of drug-likeness (QED) is 0.897. The molecule has 9 heteroatoms. The smallest absolute Gasteiger partial charge is 0.322 e. The number of carbonyl (C=O) groups is 1. The SMILES string of the molecule is NS(=O)(=O)c1cccc(NC(=O)c2cccc(C(F)(F)F)c2)c1. The Hall–Kier alpha value is -2.39. The summed E-state index contributed by atoms with van der Waals surface area (Å²) < 4.78 is 60.4. The second-order valence-electron chi connectivity index (χ2n) is 4.61. The maximum Gasteiger partial charge on any atom is 0.416 e. The lowest BCUT2D eigenvalue weighted by Crippen LogP contribution is -2.15. The predicted molar refractivity (Wildman–Crippen MR) is 77.2 cm³/mol. The Morgan fingerprint density at radius 3 is 2.30 bits per heavy atom. The highest BCUT2D eigenvalue weighted by Crippen LogP contribution is 2.29. The molecule has 0 bridgehead atoms. The molecule has 0 aliphatic heterocycles. The Morgan fingerprint density at radius 1 is 1.04 bits per heavy atom. The highest BCUT2D eigenvalue weighted by molar-refractivity contribution is 7.89.